The van der Waals surface area contributed by atoms with E-state index in [0.717, 1.165) is 0 Å². The van der Waals surface area contributed by atoms with Crippen LogP contribution in [0, 0.1) is 0 Å². The average molecular weight is 303 g/mol. The van der Waals surface area contributed by atoms with Crippen molar-refractivity contribution < 1.29 is 27.5 Å². The average Bonchev–Trinajstić information content (AvgIpc) is 2.44. The molecular formula is C14H13F4NO2. The van der Waals surface area contributed by atoms with E-state index in [1.807, 2.05) is 0 Å². The SMILES string of the molecule is CCC1(C(F)F)Nc2ccccc2C(C(F)F)=C1C(=O)O. The molecule has 2 N–H and O–H groups in total. The van der Waals surface area contributed by atoms with Gasteiger partial charge in [0.2, 0.25) is 0 Å². The molecule has 114 valence electrons. The highest BCUT2D eigenvalue weighted by molar-refractivity contribution is 6.04. The number of carbonyl (C=O) groups is 1. The molecule has 0 amide bonds. The van der Waals surface area contributed by atoms with Gasteiger partial charge in [-0.15, -0.1) is 0 Å². The van der Waals surface area contributed by atoms with Gasteiger partial charge in [-0.25, -0.2) is 22.4 Å². The van der Waals surface area contributed by atoms with Crippen LogP contribution in [-0.4, -0.2) is 29.5 Å². The van der Waals surface area contributed by atoms with Gasteiger partial charge in [-0.05, 0) is 12.5 Å². The molecule has 1 aliphatic heterocycles. The summed E-state index contributed by atoms with van der Waals surface area (Å²) in [6.07, 6.45) is -6.64. The van der Waals surface area contributed by atoms with Crippen molar-refractivity contribution in [2.45, 2.75) is 31.7 Å². The van der Waals surface area contributed by atoms with Gasteiger partial charge in [-0.1, -0.05) is 25.1 Å². The summed E-state index contributed by atoms with van der Waals surface area (Å²) in [5.41, 5.74) is -4.12. The highest BCUT2D eigenvalue weighted by Gasteiger charge is 2.51. The molecule has 1 aromatic rings. The smallest absolute Gasteiger partial charge is 0.334 e. The third-order valence-corrected chi connectivity index (χ3v) is 3.65. The van der Waals surface area contributed by atoms with Crippen LogP contribution in [0.4, 0.5) is 23.2 Å². The lowest BCUT2D eigenvalue weighted by atomic mass is 9.78. The van der Waals surface area contributed by atoms with Crippen LogP contribution in [0.25, 0.3) is 5.57 Å². The first kappa shape index (κ1) is 15.3. The number of allylic oxidation sites excluding steroid dienone is 1. The molecule has 0 radical (unpaired) electrons. The molecule has 1 heterocycles. The highest BCUT2D eigenvalue weighted by atomic mass is 19.3. The Morgan fingerprint density at radius 1 is 1.29 bits per heavy atom. The summed E-state index contributed by atoms with van der Waals surface area (Å²) in [7, 11) is 0. The summed E-state index contributed by atoms with van der Waals surface area (Å²) in [6, 6.07) is 5.62. The van der Waals surface area contributed by atoms with Crippen LogP contribution in [-0.2, 0) is 4.79 Å². The van der Waals surface area contributed by atoms with Crippen LogP contribution in [0.2, 0.25) is 0 Å². The van der Waals surface area contributed by atoms with Gasteiger partial charge in [-0.2, -0.15) is 0 Å². The lowest BCUT2D eigenvalue weighted by molar-refractivity contribution is -0.134. The topological polar surface area (TPSA) is 49.3 Å². The molecule has 0 fully saturated rings. The van der Waals surface area contributed by atoms with Crippen molar-refractivity contribution in [2.24, 2.45) is 0 Å². The molecule has 1 atom stereocenters. The summed E-state index contributed by atoms with van der Waals surface area (Å²) < 4.78 is 53.7. The summed E-state index contributed by atoms with van der Waals surface area (Å²) in [6.45, 7) is 1.33. The zero-order chi connectivity index (χ0) is 15.8. The van der Waals surface area contributed by atoms with Crippen molar-refractivity contribution >= 4 is 17.2 Å². The van der Waals surface area contributed by atoms with E-state index in [1.54, 1.807) is 0 Å². The summed E-state index contributed by atoms with van der Waals surface area (Å²) >= 11 is 0. The Kier molecular flexibility index (Phi) is 3.93. The van der Waals surface area contributed by atoms with Crippen molar-refractivity contribution in [1.82, 2.24) is 0 Å². The van der Waals surface area contributed by atoms with E-state index in [1.165, 1.54) is 31.2 Å². The summed E-state index contributed by atoms with van der Waals surface area (Å²) in [5.74, 6) is -1.77. The van der Waals surface area contributed by atoms with Gasteiger partial charge in [0.25, 0.3) is 12.9 Å². The fourth-order valence-corrected chi connectivity index (χ4v) is 2.62. The maximum atomic E-state index is 13.5. The van der Waals surface area contributed by atoms with Gasteiger partial charge in [0.1, 0.15) is 5.54 Å². The zero-order valence-corrected chi connectivity index (χ0v) is 11.0. The van der Waals surface area contributed by atoms with E-state index < -0.39 is 35.5 Å². The van der Waals surface area contributed by atoms with Crippen molar-refractivity contribution in [2.75, 3.05) is 5.32 Å². The number of carboxylic acids is 1. The van der Waals surface area contributed by atoms with Gasteiger partial charge in [0.15, 0.2) is 0 Å². The van der Waals surface area contributed by atoms with Crippen molar-refractivity contribution in [3.05, 3.63) is 35.4 Å². The predicted molar refractivity (Wildman–Crippen MR) is 69.7 cm³/mol. The number of fused-ring (bicyclic) bond motifs is 1. The van der Waals surface area contributed by atoms with Crippen molar-refractivity contribution in [3.63, 3.8) is 0 Å². The minimum atomic E-state index is -3.16. The second-order valence-electron chi connectivity index (χ2n) is 4.69. The number of alkyl halides is 4. The molecule has 3 nitrogen and oxygen atoms in total. The number of carboxylic acid groups (broad SMARTS) is 1. The van der Waals surface area contributed by atoms with Crippen molar-refractivity contribution in [1.29, 1.82) is 0 Å². The predicted octanol–water partition coefficient (Wildman–Crippen LogP) is 3.63. The number of anilines is 1. The highest BCUT2D eigenvalue weighted by Crippen LogP contribution is 2.45. The Bertz CT molecular complexity index is 600. The molecular weight excluding hydrogens is 290 g/mol. The van der Waals surface area contributed by atoms with E-state index >= 15 is 0 Å². The van der Waals surface area contributed by atoms with E-state index in [2.05, 4.69) is 5.32 Å². The molecule has 1 aromatic carbocycles. The molecule has 1 unspecified atom stereocenters. The van der Waals surface area contributed by atoms with E-state index in [0.29, 0.717) is 0 Å². The van der Waals surface area contributed by atoms with Gasteiger partial charge >= 0.3 is 5.97 Å². The number of para-hydroxylation sites is 1. The Morgan fingerprint density at radius 3 is 2.38 bits per heavy atom. The first-order chi connectivity index (χ1) is 9.85. The lowest BCUT2D eigenvalue weighted by Gasteiger charge is -2.40. The maximum Gasteiger partial charge on any atom is 0.334 e. The minimum absolute atomic E-state index is 0.0605. The molecule has 0 saturated heterocycles. The number of aliphatic carboxylic acids is 1. The van der Waals surface area contributed by atoms with E-state index in [-0.39, 0.29) is 17.7 Å². The summed E-state index contributed by atoms with van der Waals surface area (Å²) in [4.78, 5) is 11.4. The summed E-state index contributed by atoms with van der Waals surface area (Å²) in [5, 5.41) is 11.7. The Balaban J connectivity index is 2.85. The van der Waals surface area contributed by atoms with Crippen LogP contribution >= 0.6 is 0 Å². The second-order valence-corrected chi connectivity index (χ2v) is 4.69. The van der Waals surface area contributed by atoms with Crippen LogP contribution in [0.15, 0.2) is 29.8 Å². The molecule has 0 spiro atoms. The number of rotatable bonds is 4. The van der Waals surface area contributed by atoms with Crippen LogP contribution in [0.1, 0.15) is 18.9 Å². The molecule has 0 saturated carbocycles. The third kappa shape index (κ3) is 2.26. The van der Waals surface area contributed by atoms with Gasteiger partial charge in [0.05, 0.1) is 5.57 Å². The molecule has 0 bridgehead atoms. The first-order valence-electron chi connectivity index (χ1n) is 6.27. The fraction of sp³-hybridized carbons (Fsp3) is 0.357. The lowest BCUT2D eigenvalue weighted by Crippen LogP contribution is -2.51. The van der Waals surface area contributed by atoms with Crippen LogP contribution < -0.4 is 5.32 Å². The molecule has 1 aliphatic rings. The Labute approximate surface area is 118 Å². The molecule has 21 heavy (non-hydrogen) atoms. The quantitative estimate of drug-likeness (QED) is 0.835. The van der Waals surface area contributed by atoms with Gasteiger partial charge < -0.3 is 10.4 Å². The van der Waals surface area contributed by atoms with Crippen LogP contribution in [0.3, 0.4) is 0 Å². The number of hydrogen-bond donors (Lipinski definition) is 2. The number of nitrogens with one attached hydrogen (secondary N) is 1. The van der Waals surface area contributed by atoms with Crippen LogP contribution in [0.5, 0.6) is 0 Å². The molecule has 0 aromatic heterocycles. The molecule has 2 rings (SSSR count). The van der Waals surface area contributed by atoms with Gasteiger partial charge in [0, 0.05) is 16.8 Å². The number of benzene rings is 1. The number of hydrogen-bond acceptors (Lipinski definition) is 2. The number of halogens is 4. The van der Waals surface area contributed by atoms with E-state index in [4.69, 9.17) is 0 Å². The maximum absolute atomic E-state index is 13.5. The molecule has 0 aliphatic carbocycles. The monoisotopic (exact) mass is 303 g/mol. The standard InChI is InChI=1S/C14H13F4NO2/c1-2-14(13(17)18)10(12(20)21)9(11(15)16)7-5-3-4-6-8(7)19-14/h3-6,11,13,19H,2H2,1H3,(H,20,21). The Morgan fingerprint density at radius 2 is 1.90 bits per heavy atom. The largest absolute Gasteiger partial charge is 0.478 e. The fourth-order valence-electron chi connectivity index (χ4n) is 2.62. The van der Waals surface area contributed by atoms with Gasteiger partial charge in [-0.3, -0.25) is 0 Å². The van der Waals surface area contributed by atoms with Crippen molar-refractivity contribution in [3.8, 4) is 0 Å². The van der Waals surface area contributed by atoms with E-state index in [9.17, 15) is 27.5 Å². The zero-order valence-electron chi connectivity index (χ0n) is 11.0. The molecule has 7 heteroatoms. The second kappa shape index (κ2) is 5.38. The minimum Gasteiger partial charge on any atom is -0.478 e. The third-order valence-electron chi connectivity index (χ3n) is 3.65. The first-order valence-corrected chi connectivity index (χ1v) is 6.27. The normalized spacial score (nSPS) is 21.5. The Hall–Kier alpha value is -2.05.